The first-order chi connectivity index (χ1) is 11.6. The second kappa shape index (κ2) is 9.07. The first-order valence-corrected chi connectivity index (χ1v) is 8.72. The zero-order chi connectivity index (χ0) is 17.5. The summed E-state index contributed by atoms with van der Waals surface area (Å²) in [5.41, 5.74) is 1.63. The molecule has 2 aromatic rings. The van der Waals surface area contributed by atoms with E-state index >= 15 is 0 Å². The Balaban J connectivity index is 2.21. The molecule has 5 heteroatoms. The molecule has 0 saturated carbocycles. The molecule has 0 aromatic heterocycles. The normalized spacial score (nSPS) is 12.0. The van der Waals surface area contributed by atoms with Gasteiger partial charge in [-0.05, 0) is 43.2 Å². The average Bonchev–Trinajstić information content (AvgIpc) is 2.61. The van der Waals surface area contributed by atoms with Crippen molar-refractivity contribution in [3.63, 3.8) is 0 Å². The predicted molar refractivity (Wildman–Crippen MR) is 98.9 cm³/mol. The van der Waals surface area contributed by atoms with Crippen molar-refractivity contribution in [2.24, 2.45) is 0 Å². The summed E-state index contributed by atoms with van der Waals surface area (Å²) in [7, 11) is 0. The number of hydrogen-bond acceptors (Lipinski definition) is 2. The topological polar surface area (TPSA) is 40.5 Å². The van der Waals surface area contributed by atoms with Gasteiger partial charge in [0, 0.05) is 31.2 Å². The lowest BCUT2D eigenvalue weighted by atomic mass is 9.95. The maximum Gasteiger partial charge on any atom is 0.253 e. The Labute approximate surface area is 152 Å². The molecule has 0 aliphatic carbocycles. The maximum absolute atomic E-state index is 12.7. The third-order valence-electron chi connectivity index (χ3n) is 4.02. The Morgan fingerprint density at radius 3 is 2.42 bits per heavy atom. The van der Waals surface area contributed by atoms with Gasteiger partial charge in [0.05, 0.1) is 10.0 Å². The molecular weight excluding hydrogens is 345 g/mol. The van der Waals surface area contributed by atoms with Gasteiger partial charge in [-0.2, -0.15) is 0 Å². The first kappa shape index (κ1) is 18.8. The van der Waals surface area contributed by atoms with Crippen LogP contribution in [0.5, 0.6) is 0 Å². The van der Waals surface area contributed by atoms with Crippen molar-refractivity contribution in [3.05, 3.63) is 69.7 Å². The minimum atomic E-state index is -0.0129. The number of benzene rings is 2. The van der Waals surface area contributed by atoms with Crippen LogP contribution >= 0.6 is 23.2 Å². The molecule has 0 radical (unpaired) electrons. The molecule has 2 aromatic carbocycles. The van der Waals surface area contributed by atoms with E-state index in [0.29, 0.717) is 35.1 Å². The molecule has 128 valence electrons. The lowest BCUT2D eigenvalue weighted by Crippen LogP contribution is -2.35. The van der Waals surface area contributed by atoms with Crippen molar-refractivity contribution < 1.29 is 9.90 Å². The summed E-state index contributed by atoms with van der Waals surface area (Å²) in [4.78, 5) is 14.5. The smallest absolute Gasteiger partial charge is 0.253 e. The lowest BCUT2D eigenvalue weighted by Gasteiger charge is -2.27. The molecule has 0 aliphatic heterocycles. The van der Waals surface area contributed by atoms with Gasteiger partial charge >= 0.3 is 0 Å². The van der Waals surface area contributed by atoms with Crippen LogP contribution in [0.25, 0.3) is 0 Å². The summed E-state index contributed by atoms with van der Waals surface area (Å²) in [6, 6.07) is 14.7. The second-order valence-electron chi connectivity index (χ2n) is 5.59. The summed E-state index contributed by atoms with van der Waals surface area (Å²) in [5, 5.41) is 10.4. The van der Waals surface area contributed by atoms with Crippen LogP contribution < -0.4 is 0 Å². The standard InChI is InChI=1S/C19H21Cl2NO2/c1-2-22(19(24)14-6-4-3-5-7-14)13-16(10-11-23)15-8-9-17(20)18(21)12-15/h3-9,12,16,23H,2,10-11,13H2,1H3/t16-/m1/s1. The molecule has 1 amide bonds. The van der Waals surface area contributed by atoms with E-state index in [4.69, 9.17) is 23.2 Å². The number of amides is 1. The number of carbonyl (C=O) groups excluding carboxylic acids is 1. The number of halogens is 2. The van der Waals surface area contributed by atoms with Crippen LogP contribution in [0, 0.1) is 0 Å². The van der Waals surface area contributed by atoms with Crippen LogP contribution in [0.2, 0.25) is 10.0 Å². The number of hydrogen-bond donors (Lipinski definition) is 1. The molecule has 2 rings (SSSR count). The average molecular weight is 366 g/mol. The quantitative estimate of drug-likeness (QED) is 0.777. The Bertz CT molecular complexity index is 676. The van der Waals surface area contributed by atoms with E-state index in [1.54, 1.807) is 11.0 Å². The van der Waals surface area contributed by atoms with Crippen LogP contribution in [-0.2, 0) is 0 Å². The predicted octanol–water partition coefficient (Wildman–Crippen LogP) is 4.62. The van der Waals surface area contributed by atoms with Gasteiger partial charge in [0.1, 0.15) is 0 Å². The molecule has 24 heavy (non-hydrogen) atoms. The van der Waals surface area contributed by atoms with Crippen molar-refractivity contribution in [2.45, 2.75) is 19.3 Å². The van der Waals surface area contributed by atoms with Gasteiger partial charge in [-0.1, -0.05) is 47.5 Å². The molecule has 1 atom stereocenters. The van der Waals surface area contributed by atoms with Gasteiger partial charge in [-0.15, -0.1) is 0 Å². The van der Waals surface area contributed by atoms with Crippen molar-refractivity contribution in [2.75, 3.05) is 19.7 Å². The highest BCUT2D eigenvalue weighted by atomic mass is 35.5. The SMILES string of the molecule is CCN(C[C@@H](CCO)c1ccc(Cl)c(Cl)c1)C(=O)c1ccccc1. The second-order valence-corrected chi connectivity index (χ2v) is 6.41. The molecular formula is C19H21Cl2NO2. The number of rotatable bonds is 7. The van der Waals surface area contributed by atoms with E-state index in [2.05, 4.69) is 0 Å². The van der Waals surface area contributed by atoms with Crippen LogP contribution in [0.1, 0.15) is 35.2 Å². The largest absolute Gasteiger partial charge is 0.396 e. The molecule has 0 saturated heterocycles. The molecule has 0 heterocycles. The Hall–Kier alpha value is -1.55. The Morgan fingerprint density at radius 2 is 1.83 bits per heavy atom. The van der Waals surface area contributed by atoms with Crippen molar-refractivity contribution in [1.29, 1.82) is 0 Å². The highest BCUT2D eigenvalue weighted by molar-refractivity contribution is 6.42. The van der Waals surface area contributed by atoms with E-state index in [1.807, 2.05) is 49.4 Å². The van der Waals surface area contributed by atoms with E-state index < -0.39 is 0 Å². The minimum Gasteiger partial charge on any atom is -0.396 e. The summed E-state index contributed by atoms with van der Waals surface area (Å²) >= 11 is 12.1. The van der Waals surface area contributed by atoms with Crippen LogP contribution in [-0.4, -0.2) is 35.6 Å². The number of nitrogens with zero attached hydrogens (tertiary/aromatic N) is 1. The van der Waals surface area contributed by atoms with E-state index in [9.17, 15) is 9.90 Å². The number of aliphatic hydroxyl groups is 1. The molecule has 1 N–H and O–H groups in total. The summed E-state index contributed by atoms with van der Waals surface area (Å²) in [5.74, 6) is -0.0153. The van der Waals surface area contributed by atoms with E-state index in [1.165, 1.54) is 0 Å². The number of aliphatic hydroxyl groups excluding tert-OH is 1. The lowest BCUT2D eigenvalue weighted by molar-refractivity contribution is 0.0748. The maximum atomic E-state index is 12.7. The van der Waals surface area contributed by atoms with E-state index in [-0.39, 0.29) is 18.4 Å². The van der Waals surface area contributed by atoms with Crippen LogP contribution in [0.4, 0.5) is 0 Å². The summed E-state index contributed by atoms with van der Waals surface area (Å²) in [6.07, 6.45) is 0.552. The third-order valence-corrected chi connectivity index (χ3v) is 4.76. The monoisotopic (exact) mass is 365 g/mol. The molecule has 3 nitrogen and oxygen atoms in total. The zero-order valence-corrected chi connectivity index (χ0v) is 15.1. The van der Waals surface area contributed by atoms with E-state index in [0.717, 1.165) is 5.56 Å². The van der Waals surface area contributed by atoms with Gasteiger partial charge in [0.15, 0.2) is 0 Å². The Morgan fingerprint density at radius 1 is 1.12 bits per heavy atom. The van der Waals surface area contributed by atoms with Crippen LogP contribution in [0.3, 0.4) is 0 Å². The summed E-state index contributed by atoms with van der Waals surface area (Å²) < 4.78 is 0. The molecule has 0 bridgehead atoms. The first-order valence-electron chi connectivity index (χ1n) is 7.97. The van der Waals surface area contributed by atoms with Gasteiger partial charge in [0.2, 0.25) is 0 Å². The number of carbonyl (C=O) groups is 1. The van der Waals surface area contributed by atoms with Gasteiger partial charge in [-0.25, -0.2) is 0 Å². The van der Waals surface area contributed by atoms with Crippen LogP contribution in [0.15, 0.2) is 48.5 Å². The summed E-state index contributed by atoms with van der Waals surface area (Å²) in [6.45, 7) is 3.10. The highest BCUT2D eigenvalue weighted by Gasteiger charge is 2.20. The fraction of sp³-hybridized carbons (Fsp3) is 0.316. The fourth-order valence-electron chi connectivity index (χ4n) is 2.67. The fourth-order valence-corrected chi connectivity index (χ4v) is 2.98. The third kappa shape index (κ3) is 4.73. The van der Waals surface area contributed by atoms with Crippen molar-refractivity contribution >= 4 is 29.1 Å². The zero-order valence-electron chi connectivity index (χ0n) is 13.6. The van der Waals surface area contributed by atoms with Crippen molar-refractivity contribution in [1.82, 2.24) is 4.90 Å². The number of likely N-dealkylation sites (N-methyl/N-ethyl adjacent to an activating group) is 1. The highest BCUT2D eigenvalue weighted by Crippen LogP contribution is 2.29. The van der Waals surface area contributed by atoms with Gasteiger partial charge < -0.3 is 10.0 Å². The van der Waals surface area contributed by atoms with Gasteiger partial charge in [-0.3, -0.25) is 4.79 Å². The molecule has 0 unspecified atom stereocenters. The van der Waals surface area contributed by atoms with Gasteiger partial charge in [0.25, 0.3) is 5.91 Å². The minimum absolute atomic E-state index is 0.00243. The molecule has 0 fully saturated rings. The molecule has 0 spiro atoms. The molecule has 0 aliphatic rings. The van der Waals surface area contributed by atoms with Crippen molar-refractivity contribution in [3.8, 4) is 0 Å². The Kier molecular flexibility index (Phi) is 7.10.